The molecule has 0 saturated heterocycles. The summed E-state index contributed by atoms with van der Waals surface area (Å²) < 4.78 is 1.79. The SMILES string of the molecule is O=C(O)c1cc(=O)c2cc(Cl)ccc2n1C1CCCC1. The molecule has 1 aromatic carbocycles. The number of fused-ring (bicyclic) bond motifs is 1. The molecule has 1 aliphatic rings. The van der Waals surface area contributed by atoms with E-state index in [0.717, 1.165) is 25.7 Å². The molecule has 0 radical (unpaired) electrons. The Kier molecular flexibility index (Phi) is 3.26. The number of rotatable bonds is 2. The molecular weight excluding hydrogens is 278 g/mol. The average Bonchev–Trinajstić information content (AvgIpc) is 2.92. The van der Waals surface area contributed by atoms with Crippen LogP contribution in [0.2, 0.25) is 5.02 Å². The predicted molar refractivity (Wildman–Crippen MR) is 77.7 cm³/mol. The molecule has 1 N–H and O–H groups in total. The minimum atomic E-state index is -1.06. The minimum absolute atomic E-state index is 0.0664. The van der Waals surface area contributed by atoms with Crippen LogP contribution in [-0.2, 0) is 0 Å². The van der Waals surface area contributed by atoms with Crippen LogP contribution in [0.3, 0.4) is 0 Å². The number of carboxylic acids is 1. The van der Waals surface area contributed by atoms with Crippen molar-refractivity contribution in [1.29, 1.82) is 0 Å². The summed E-state index contributed by atoms with van der Waals surface area (Å²) >= 11 is 5.94. The van der Waals surface area contributed by atoms with E-state index in [4.69, 9.17) is 11.6 Å². The Bertz CT molecular complexity index is 745. The molecule has 0 bridgehead atoms. The van der Waals surface area contributed by atoms with Crippen molar-refractivity contribution in [3.63, 3.8) is 0 Å². The largest absolute Gasteiger partial charge is 0.477 e. The number of aromatic carboxylic acids is 1. The summed E-state index contributed by atoms with van der Waals surface area (Å²) in [5.41, 5.74) is 0.428. The fourth-order valence-corrected chi connectivity index (χ4v) is 3.21. The van der Waals surface area contributed by atoms with E-state index in [2.05, 4.69) is 0 Å². The molecule has 0 aliphatic heterocycles. The molecule has 20 heavy (non-hydrogen) atoms. The highest BCUT2D eigenvalue weighted by Crippen LogP contribution is 2.33. The summed E-state index contributed by atoms with van der Waals surface area (Å²) in [6.45, 7) is 0. The van der Waals surface area contributed by atoms with Crippen molar-refractivity contribution in [2.45, 2.75) is 31.7 Å². The summed E-state index contributed by atoms with van der Waals surface area (Å²) in [4.78, 5) is 23.5. The summed E-state index contributed by atoms with van der Waals surface area (Å²) in [5.74, 6) is -1.06. The van der Waals surface area contributed by atoms with Crippen LogP contribution >= 0.6 is 11.6 Å². The lowest BCUT2D eigenvalue weighted by molar-refractivity contribution is 0.0682. The van der Waals surface area contributed by atoms with E-state index in [-0.39, 0.29) is 17.2 Å². The highest BCUT2D eigenvalue weighted by Gasteiger charge is 2.23. The molecule has 3 rings (SSSR count). The molecule has 0 atom stereocenters. The van der Waals surface area contributed by atoms with Crippen LogP contribution in [0.4, 0.5) is 0 Å². The van der Waals surface area contributed by atoms with Crippen LogP contribution in [-0.4, -0.2) is 15.6 Å². The van der Waals surface area contributed by atoms with Crippen LogP contribution in [0, 0.1) is 0 Å². The van der Waals surface area contributed by atoms with E-state index < -0.39 is 5.97 Å². The Morgan fingerprint density at radius 2 is 1.95 bits per heavy atom. The van der Waals surface area contributed by atoms with E-state index in [1.54, 1.807) is 22.8 Å². The van der Waals surface area contributed by atoms with Crippen molar-refractivity contribution in [2.24, 2.45) is 0 Å². The van der Waals surface area contributed by atoms with Gasteiger partial charge in [-0.15, -0.1) is 0 Å². The van der Waals surface area contributed by atoms with Gasteiger partial charge in [-0.3, -0.25) is 4.79 Å². The number of hydrogen-bond acceptors (Lipinski definition) is 2. The summed E-state index contributed by atoms with van der Waals surface area (Å²) in [7, 11) is 0. The third kappa shape index (κ3) is 2.10. The fourth-order valence-electron chi connectivity index (χ4n) is 3.04. The van der Waals surface area contributed by atoms with Crippen molar-refractivity contribution >= 4 is 28.5 Å². The van der Waals surface area contributed by atoms with Gasteiger partial charge in [0.25, 0.3) is 0 Å². The molecule has 1 fully saturated rings. The van der Waals surface area contributed by atoms with Gasteiger partial charge in [0.2, 0.25) is 0 Å². The molecule has 1 heterocycles. The maximum absolute atomic E-state index is 12.1. The van der Waals surface area contributed by atoms with Gasteiger partial charge in [-0.25, -0.2) is 4.79 Å². The zero-order valence-corrected chi connectivity index (χ0v) is 11.6. The Balaban J connectivity index is 2.37. The summed E-state index contributed by atoms with van der Waals surface area (Å²) in [5, 5.41) is 10.3. The lowest BCUT2D eigenvalue weighted by Crippen LogP contribution is -2.20. The topological polar surface area (TPSA) is 59.3 Å². The van der Waals surface area contributed by atoms with Crippen LogP contribution in [0.1, 0.15) is 42.2 Å². The molecule has 104 valence electrons. The molecule has 4 nitrogen and oxygen atoms in total. The lowest BCUT2D eigenvalue weighted by atomic mass is 10.1. The molecule has 1 aromatic heterocycles. The molecule has 0 unspecified atom stereocenters. The van der Waals surface area contributed by atoms with Crippen LogP contribution < -0.4 is 5.43 Å². The van der Waals surface area contributed by atoms with Gasteiger partial charge in [0.05, 0.1) is 5.52 Å². The van der Waals surface area contributed by atoms with Gasteiger partial charge in [-0.1, -0.05) is 24.4 Å². The summed E-state index contributed by atoms with van der Waals surface area (Å²) in [6, 6.07) is 6.39. The van der Waals surface area contributed by atoms with Gasteiger partial charge < -0.3 is 9.67 Å². The summed E-state index contributed by atoms with van der Waals surface area (Å²) in [6.07, 6.45) is 4.07. The standard InChI is InChI=1S/C15H14ClNO3/c16-9-5-6-12-11(7-9)14(18)8-13(15(19)20)17(12)10-3-1-2-4-10/h5-8,10H,1-4H2,(H,19,20). The Hall–Kier alpha value is -1.81. The van der Waals surface area contributed by atoms with E-state index in [1.165, 1.54) is 6.07 Å². The monoisotopic (exact) mass is 291 g/mol. The Labute approximate surface area is 120 Å². The van der Waals surface area contributed by atoms with Gasteiger partial charge in [0.1, 0.15) is 5.69 Å². The second kappa shape index (κ2) is 4.94. The quantitative estimate of drug-likeness (QED) is 0.921. The molecule has 5 heteroatoms. The Morgan fingerprint density at radius 1 is 1.25 bits per heavy atom. The first-order valence-corrected chi connectivity index (χ1v) is 7.04. The van der Waals surface area contributed by atoms with Crippen LogP contribution in [0.15, 0.2) is 29.1 Å². The van der Waals surface area contributed by atoms with Crippen molar-refractivity contribution in [2.75, 3.05) is 0 Å². The maximum atomic E-state index is 12.1. The number of nitrogens with zero attached hydrogens (tertiary/aromatic N) is 1. The molecule has 2 aromatic rings. The molecule has 0 spiro atoms. The van der Waals surface area contributed by atoms with E-state index in [9.17, 15) is 14.7 Å². The molecular formula is C15H14ClNO3. The highest BCUT2D eigenvalue weighted by atomic mass is 35.5. The predicted octanol–water partition coefficient (Wildman–Crippen LogP) is 3.47. The van der Waals surface area contributed by atoms with Crippen molar-refractivity contribution in [3.05, 3.63) is 45.2 Å². The lowest BCUT2D eigenvalue weighted by Gasteiger charge is -2.20. The van der Waals surface area contributed by atoms with Gasteiger partial charge in [-0.2, -0.15) is 0 Å². The number of hydrogen-bond donors (Lipinski definition) is 1. The van der Waals surface area contributed by atoms with Gasteiger partial charge in [0, 0.05) is 22.5 Å². The highest BCUT2D eigenvalue weighted by molar-refractivity contribution is 6.31. The normalized spacial score (nSPS) is 15.8. The van der Waals surface area contributed by atoms with E-state index in [0.29, 0.717) is 15.9 Å². The van der Waals surface area contributed by atoms with E-state index >= 15 is 0 Å². The zero-order valence-electron chi connectivity index (χ0n) is 10.8. The first kappa shape index (κ1) is 13.2. The van der Waals surface area contributed by atoms with Gasteiger partial charge in [-0.05, 0) is 31.0 Å². The van der Waals surface area contributed by atoms with E-state index in [1.807, 2.05) is 0 Å². The minimum Gasteiger partial charge on any atom is -0.477 e. The second-order valence-corrected chi connectivity index (χ2v) is 5.61. The third-order valence-electron chi connectivity index (χ3n) is 3.92. The molecule has 0 amide bonds. The van der Waals surface area contributed by atoms with Gasteiger partial charge in [0.15, 0.2) is 5.43 Å². The number of carboxylic acid groups (broad SMARTS) is 1. The van der Waals surface area contributed by atoms with Gasteiger partial charge >= 0.3 is 5.97 Å². The van der Waals surface area contributed by atoms with Crippen LogP contribution in [0.25, 0.3) is 10.9 Å². The number of halogens is 1. The van der Waals surface area contributed by atoms with Crippen molar-refractivity contribution in [3.8, 4) is 0 Å². The number of pyridine rings is 1. The first-order valence-electron chi connectivity index (χ1n) is 6.66. The van der Waals surface area contributed by atoms with Crippen molar-refractivity contribution < 1.29 is 9.90 Å². The number of benzene rings is 1. The number of aromatic nitrogens is 1. The third-order valence-corrected chi connectivity index (χ3v) is 4.16. The molecule has 1 aliphatic carbocycles. The zero-order chi connectivity index (χ0) is 14.3. The first-order chi connectivity index (χ1) is 9.58. The average molecular weight is 292 g/mol. The second-order valence-electron chi connectivity index (χ2n) is 5.17. The van der Waals surface area contributed by atoms with Crippen molar-refractivity contribution in [1.82, 2.24) is 4.57 Å². The molecule has 1 saturated carbocycles. The Morgan fingerprint density at radius 3 is 2.60 bits per heavy atom. The number of carbonyl (C=O) groups is 1. The maximum Gasteiger partial charge on any atom is 0.352 e. The van der Waals surface area contributed by atoms with Crippen LogP contribution in [0.5, 0.6) is 0 Å². The fraction of sp³-hybridized carbons (Fsp3) is 0.333. The smallest absolute Gasteiger partial charge is 0.352 e.